The summed E-state index contributed by atoms with van der Waals surface area (Å²) in [4.78, 5) is 71.7. The lowest BCUT2D eigenvalue weighted by Crippen LogP contribution is -2.29. The van der Waals surface area contributed by atoms with Gasteiger partial charge in [0.2, 0.25) is 17.7 Å². The van der Waals surface area contributed by atoms with E-state index in [0.717, 1.165) is 6.21 Å². The molecule has 12 nitrogen and oxygen atoms in total. The predicted molar refractivity (Wildman–Crippen MR) is 124 cm³/mol. The molecule has 0 aromatic heterocycles. The Morgan fingerprint density at radius 3 is 1.76 bits per heavy atom. The highest BCUT2D eigenvalue weighted by Gasteiger charge is 2.04. The summed E-state index contributed by atoms with van der Waals surface area (Å²) in [5.74, 6) is -2.71. The summed E-state index contributed by atoms with van der Waals surface area (Å²) >= 11 is 10.3. The quantitative estimate of drug-likeness (QED) is 0.139. The van der Waals surface area contributed by atoms with E-state index in [0.29, 0.717) is 18.5 Å². The fourth-order valence-corrected chi connectivity index (χ4v) is 1.41. The first-order valence-electron chi connectivity index (χ1n) is 9.05. The lowest BCUT2D eigenvalue weighted by Gasteiger charge is -2.00. The van der Waals surface area contributed by atoms with Gasteiger partial charge >= 0.3 is 18.0 Å². The molecule has 0 aromatic rings. The van der Waals surface area contributed by atoms with Crippen LogP contribution in [0.4, 0.5) is 9.59 Å². The van der Waals surface area contributed by atoms with E-state index in [9.17, 15) is 28.8 Å². The zero-order chi connectivity index (χ0) is 25.8. The van der Waals surface area contributed by atoms with Crippen LogP contribution in [-0.2, 0) is 23.9 Å². The molecule has 0 aliphatic heterocycles. The SMILES string of the molecule is C=C(C)C(=O)NCCC=NC(=O)NC(=O)CCl.C=C(C)C(=O)OCC=NC(=O)NC(=O)CCl. The first-order chi connectivity index (χ1) is 15.4. The van der Waals surface area contributed by atoms with Gasteiger partial charge < -0.3 is 10.1 Å². The summed E-state index contributed by atoms with van der Waals surface area (Å²) < 4.78 is 4.61. The number of nitrogens with zero attached hydrogens (tertiary/aromatic N) is 2. The van der Waals surface area contributed by atoms with Gasteiger partial charge in [0.15, 0.2) is 0 Å². The van der Waals surface area contributed by atoms with E-state index in [-0.39, 0.29) is 29.8 Å². The molecule has 0 bridgehead atoms. The number of alkyl halides is 2. The van der Waals surface area contributed by atoms with Crippen LogP contribution in [0.25, 0.3) is 0 Å². The van der Waals surface area contributed by atoms with Crippen molar-refractivity contribution >= 4 is 71.4 Å². The van der Waals surface area contributed by atoms with Crippen molar-refractivity contribution in [2.45, 2.75) is 20.3 Å². The molecule has 0 unspecified atom stereocenters. The van der Waals surface area contributed by atoms with Gasteiger partial charge in [-0.05, 0) is 13.8 Å². The van der Waals surface area contributed by atoms with Crippen LogP contribution in [0.1, 0.15) is 20.3 Å². The van der Waals surface area contributed by atoms with Gasteiger partial charge in [0.1, 0.15) is 18.4 Å². The average Bonchev–Trinajstić information content (AvgIpc) is 2.75. The molecular formula is C19H25Cl2N5O7. The molecule has 0 heterocycles. The molecule has 14 heteroatoms. The van der Waals surface area contributed by atoms with Crippen LogP contribution in [0.5, 0.6) is 0 Å². The number of urea groups is 2. The van der Waals surface area contributed by atoms with E-state index in [2.05, 4.69) is 33.2 Å². The highest BCUT2D eigenvalue weighted by molar-refractivity contribution is 6.28. The number of ether oxygens (including phenoxy) is 1. The molecule has 0 saturated carbocycles. The minimum Gasteiger partial charge on any atom is -0.456 e. The Morgan fingerprint density at radius 1 is 0.848 bits per heavy atom. The van der Waals surface area contributed by atoms with E-state index in [1.54, 1.807) is 6.92 Å². The summed E-state index contributed by atoms with van der Waals surface area (Å²) in [7, 11) is 0. The van der Waals surface area contributed by atoms with Gasteiger partial charge in [0.05, 0.1) is 0 Å². The van der Waals surface area contributed by atoms with Crippen molar-refractivity contribution in [3.63, 3.8) is 0 Å². The minimum absolute atomic E-state index is 0.172. The van der Waals surface area contributed by atoms with Gasteiger partial charge in [-0.1, -0.05) is 13.2 Å². The maximum absolute atomic E-state index is 11.0. The van der Waals surface area contributed by atoms with Crippen LogP contribution in [0.2, 0.25) is 0 Å². The molecule has 0 spiro atoms. The molecule has 0 saturated heterocycles. The third-order valence-corrected chi connectivity index (χ3v) is 3.22. The standard InChI is InChI=1S/C10H14ClN3O3.C9H11ClN2O4/c1-7(2)9(16)12-4-3-5-13-10(17)14-8(15)6-11;1-6(2)8(14)16-4-3-11-9(15)12-7(13)5-10/h5H,1,3-4,6H2,2H3,(H,12,16)(H,14,15,17);3H,1,4-5H2,2H3,(H,12,13,15). The monoisotopic (exact) mass is 505 g/mol. The van der Waals surface area contributed by atoms with Crippen molar-refractivity contribution in [3.8, 4) is 0 Å². The number of hydrogen-bond donors (Lipinski definition) is 3. The molecule has 0 fully saturated rings. The summed E-state index contributed by atoms with van der Waals surface area (Å²) in [6, 6.07) is -1.64. The molecule has 0 aromatic carbocycles. The summed E-state index contributed by atoms with van der Waals surface area (Å²) in [6.45, 7) is 10.1. The van der Waals surface area contributed by atoms with Gasteiger partial charge in [-0.3, -0.25) is 25.0 Å². The molecule has 0 radical (unpaired) electrons. The van der Waals surface area contributed by atoms with Gasteiger partial charge in [-0.25, -0.2) is 24.4 Å². The number of amides is 7. The number of hydrogen-bond acceptors (Lipinski definition) is 7. The van der Waals surface area contributed by atoms with Gasteiger partial charge in [-0.2, -0.15) is 0 Å². The molecule has 7 amide bonds. The van der Waals surface area contributed by atoms with Gasteiger partial charge in [0, 0.05) is 36.5 Å². The predicted octanol–water partition coefficient (Wildman–Crippen LogP) is 1.27. The van der Waals surface area contributed by atoms with E-state index in [1.165, 1.54) is 13.1 Å². The van der Waals surface area contributed by atoms with Crippen molar-refractivity contribution in [1.82, 2.24) is 16.0 Å². The smallest absolute Gasteiger partial charge is 0.347 e. The molecule has 0 atom stereocenters. The van der Waals surface area contributed by atoms with Crippen LogP contribution >= 0.6 is 23.2 Å². The van der Waals surface area contributed by atoms with Crippen LogP contribution in [0, 0.1) is 0 Å². The maximum atomic E-state index is 11.0. The lowest BCUT2D eigenvalue weighted by atomic mass is 10.3. The zero-order valence-electron chi connectivity index (χ0n) is 18.1. The highest BCUT2D eigenvalue weighted by atomic mass is 35.5. The summed E-state index contributed by atoms with van der Waals surface area (Å²) in [5, 5.41) is 6.37. The number of carbonyl (C=O) groups is 6. The number of esters is 1. The molecule has 33 heavy (non-hydrogen) atoms. The Hall–Kier alpha value is -3.38. The van der Waals surface area contributed by atoms with Crippen molar-refractivity contribution in [3.05, 3.63) is 24.3 Å². The lowest BCUT2D eigenvalue weighted by molar-refractivity contribution is -0.137. The highest BCUT2D eigenvalue weighted by Crippen LogP contribution is 1.90. The normalized spacial score (nSPS) is 9.94. The van der Waals surface area contributed by atoms with Crippen molar-refractivity contribution in [2.24, 2.45) is 9.98 Å². The van der Waals surface area contributed by atoms with E-state index in [1.807, 2.05) is 10.6 Å². The fraction of sp³-hybridized carbons (Fsp3) is 0.368. The second-order valence-electron chi connectivity index (χ2n) is 5.80. The third kappa shape index (κ3) is 20.3. The van der Waals surface area contributed by atoms with Crippen LogP contribution in [0.15, 0.2) is 34.3 Å². The Balaban J connectivity index is 0. The second-order valence-corrected chi connectivity index (χ2v) is 6.34. The van der Waals surface area contributed by atoms with Gasteiger partial charge in [-0.15, -0.1) is 23.2 Å². The first-order valence-corrected chi connectivity index (χ1v) is 10.1. The number of carbonyl (C=O) groups excluding carboxylic acids is 6. The zero-order valence-corrected chi connectivity index (χ0v) is 19.6. The average molecular weight is 506 g/mol. The number of aliphatic imine (C=N–C) groups is 2. The van der Waals surface area contributed by atoms with Crippen LogP contribution < -0.4 is 16.0 Å². The molecule has 0 aliphatic carbocycles. The summed E-state index contributed by atoms with van der Waals surface area (Å²) in [5.41, 5.74) is 0.655. The number of halogens is 2. The molecule has 182 valence electrons. The second kappa shape index (κ2) is 19.3. The third-order valence-electron chi connectivity index (χ3n) is 2.74. The topological polar surface area (TPSA) is 172 Å². The molecule has 3 N–H and O–H groups in total. The van der Waals surface area contributed by atoms with Crippen molar-refractivity contribution in [1.29, 1.82) is 0 Å². The number of rotatable bonds is 9. The Kier molecular flexibility index (Phi) is 18.6. The maximum Gasteiger partial charge on any atom is 0.347 e. The van der Waals surface area contributed by atoms with Crippen molar-refractivity contribution < 1.29 is 33.5 Å². The number of nitrogens with one attached hydrogen (secondary N) is 3. The van der Waals surface area contributed by atoms with Gasteiger partial charge in [0.25, 0.3) is 0 Å². The number of imide groups is 2. The largest absolute Gasteiger partial charge is 0.456 e. The van der Waals surface area contributed by atoms with Crippen LogP contribution in [0.3, 0.4) is 0 Å². The summed E-state index contributed by atoms with van der Waals surface area (Å²) in [6.07, 6.45) is 2.73. The Morgan fingerprint density at radius 2 is 1.33 bits per heavy atom. The molecule has 0 aliphatic rings. The van der Waals surface area contributed by atoms with E-state index < -0.39 is 29.8 Å². The first kappa shape index (κ1) is 31.8. The molecular weight excluding hydrogens is 481 g/mol. The van der Waals surface area contributed by atoms with Crippen LogP contribution in [-0.4, -0.2) is 73.1 Å². The van der Waals surface area contributed by atoms with E-state index >= 15 is 0 Å². The van der Waals surface area contributed by atoms with E-state index in [4.69, 9.17) is 23.2 Å². The fourth-order valence-electron chi connectivity index (χ4n) is 1.27. The van der Waals surface area contributed by atoms with Crippen molar-refractivity contribution in [2.75, 3.05) is 24.9 Å². The Labute approximate surface area is 200 Å². The Bertz CT molecular complexity index is 825. The molecule has 0 rings (SSSR count). The minimum atomic E-state index is -0.864.